The summed E-state index contributed by atoms with van der Waals surface area (Å²) in [6.45, 7) is 1.69. The third kappa shape index (κ3) is 1.69. The van der Waals surface area contributed by atoms with Gasteiger partial charge in [0.1, 0.15) is 12.4 Å². The van der Waals surface area contributed by atoms with Crippen LogP contribution in [0.3, 0.4) is 0 Å². The van der Waals surface area contributed by atoms with Gasteiger partial charge in [0, 0.05) is 12.6 Å². The van der Waals surface area contributed by atoms with Gasteiger partial charge in [-0.25, -0.2) is 4.39 Å². The molecule has 84 valence electrons. The molecule has 0 unspecified atom stereocenters. The molecule has 0 spiro atoms. The molecule has 2 aromatic rings. The molecule has 0 aliphatic rings. The minimum atomic E-state index is -0.311. The van der Waals surface area contributed by atoms with Crippen LogP contribution < -0.4 is 0 Å². The summed E-state index contributed by atoms with van der Waals surface area (Å²) in [6, 6.07) is 4.51. The number of benzene rings is 1. The third-order valence-corrected chi connectivity index (χ3v) is 2.55. The smallest absolute Gasteiger partial charge is 0.164 e. The predicted octanol–water partition coefficient (Wildman–Crippen LogP) is 1.42. The average Bonchev–Trinajstić information content (AvgIpc) is 2.63. The highest BCUT2D eigenvalue weighted by molar-refractivity contribution is 5.60. The Balaban J connectivity index is 2.58. The second kappa shape index (κ2) is 4.02. The van der Waals surface area contributed by atoms with Crippen molar-refractivity contribution < 1.29 is 9.50 Å². The number of aromatic nitrogens is 3. The number of halogens is 1. The molecule has 0 fully saturated rings. The van der Waals surface area contributed by atoms with E-state index in [-0.39, 0.29) is 12.4 Å². The van der Waals surface area contributed by atoms with Crippen molar-refractivity contribution in [2.45, 2.75) is 13.5 Å². The number of hydrogen-bond donors (Lipinski definition) is 1. The largest absolute Gasteiger partial charge is 0.388 e. The first-order valence-corrected chi connectivity index (χ1v) is 4.89. The molecule has 16 heavy (non-hydrogen) atoms. The highest BCUT2D eigenvalue weighted by Gasteiger charge is 2.12. The Kier molecular flexibility index (Phi) is 2.70. The van der Waals surface area contributed by atoms with E-state index in [0.717, 1.165) is 5.56 Å². The summed E-state index contributed by atoms with van der Waals surface area (Å²) in [5, 5.41) is 16.8. The fourth-order valence-corrected chi connectivity index (χ4v) is 1.57. The summed E-state index contributed by atoms with van der Waals surface area (Å²) in [6.07, 6.45) is 0. The van der Waals surface area contributed by atoms with E-state index < -0.39 is 0 Å². The van der Waals surface area contributed by atoms with Crippen LogP contribution in [-0.4, -0.2) is 19.9 Å². The molecule has 0 saturated heterocycles. The van der Waals surface area contributed by atoms with Gasteiger partial charge in [0.15, 0.2) is 11.6 Å². The van der Waals surface area contributed by atoms with Gasteiger partial charge in [-0.1, -0.05) is 6.07 Å². The van der Waals surface area contributed by atoms with Crippen LogP contribution in [0.4, 0.5) is 4.39 Å². The second-order valence-electron chi connectivity index (χ2n) is 3.62. The standard InChI is InChI=1S/C11H12FN3O/c1-7-3-4-8(12)5-9(7)11-14-13-10(6-16)15(11)2/h3-5,16H,6H2,1-2H3. The Morgan fingerprint density at radius 2 is 2.12 bits per heavy atom. The Labute approximate surface area is 92.4 Å². The molecule has 0 bridgehead atoms. The van der Waals surface area contributed by atoms with Gasteiger partial charge in [-0.2, -0.15) is 0 Å². The molecule has 0 saturated carbocycles. The van der Waals surface area contributed by atoms with Crippen molar-refractivity contribution in [1.29, 1.82) is 0 Å². The van der Waals surface area contributed by atoms with Crippen LogP contribution in [-0.2, 0) is 13.7 Å². The minimum Gasteiger partial charge on any atom is -0.388 e. The van der Waals surface area contributed by atoms with E-state index in [2.05, 4.69) is 10.2 Å². The summed E-state index contributed by atoms with van der Waals surface area (Å²) in [7, 11) is 1.74. The lowest BCUT2D eigenvalue weighted by Gasteiger charge is -2.05. The summed E-state index contributed by atoms with van der Waals surface area (Å²) in [5.74, 6) is 0.703. The first-order valence-electron chi connectivity index (χ1n) is 4.89. The molecule has 1 N–H and O–H groups in total. The van der Waals surface area contributed by atoms with Gasteiger partial charge >= 0.3 is 0 Å². The number of nitrogens with zero attached hydrogens (tertiary/aromatic N) is 3. The number of aliphatic hydroxyl groups is 1. The monoisotopic (exact) mass is 221 g/mol. The minimum absolute atomic E-state index is 0.183. The van der Waals surface area contributed by atoms with Crippen LogP contribution in [0.15, 0.2) is 18.2 Å². The van der Waals surface area contributed by atoms with Gasteiger partial charge in [-0.3, -0.25) is 0 Å². The molecule has 5 heteroatoms. The lowest BCUT2D eigenvalue weighted by molar-refractivity contribution is 0.267. The van der Waals surface area contributed by atoms with Crippen molar-refractivity contribution in [2.24, 2.45) is 7.05 Å². The maximum atomic E-state index is 13.1. The van der Waals surface area contributed by atoms with Crippen molar-refractivity contribution in [1.82, 2.24) is 14.8 Å². The zero-order chi connectivity index (χ0) is 11.7. The molecule has 0 aliphatic carbocycles. The van der Waals surface area contributed by atoms with Crippen molar-refractivity contribution in [3.8, 4) is 11.4 Å². The van der Waals surface area contributed by atoms with Gasteiger partial charge in [0.2, 0.25) is 0 Å². The zero-order valence-corrected chi connectivity index (χ0v) is 9.11. The quantitative estimate of drug-likeness (QED) is 0.834. The first-order chi connectivity index (χ1) is 7.63. The molecule has 2 rings (SSSR count). The van der Waals surface area contributed by atoms with Crippen LogP contribution in [0.1, 0.15) is 11.4 Å². The molecular formula is C11H12FN3O. The van der Waals surface area contributed by atoms with Crippen molar-refractivity contribution in [2.75, 3.05) is 0 Å². The Morgan fingerprint density at radius 1 is 1.38 bits per heavy atom. The van der Waals surface area contributed by atoms with Crippen LogP contribution in [0, 0.1) is 12.7 Å². The maximum Gasteiger partial charge on any atom is 0.164 e. The Morgan fingerprint density at radius 3 is 2.75 bits per heavy atom. The second-order valence-corrected chi connectivity index (χ2v) is 3.62. The van der Waals surface area contributed by atoms with E-state index in [9.17, 15) is 4.39 Å². The molecule has 0 amide bonds. The van der Waals surface area contributed by atoms with Gasteiger partial charge in [0.25, 0.3) is 0 Å². The normalized spacial score (nSPS) is 10.8. The van der Waals surface area contributed by atoms with Gasteiger partial charge in [-0.05, 0) is 24.6 Å². The van der Waals surface area contributed by atoms with Gasteiger partial charge in [0.05, 0.1) is 0 Å². The van der Waals surface area contributed by atoms with E-state index in [1.807, 2.05) is 6.92 Å². The molecule has 0 atom stereocenters. The van der Waals surface area contributed by atoms with Crippen LogP contribution in [0.25, 0.3) is 11.4 Å². The molecule has 4 nitrogen and oxygen atoms in total. The summed E-state index contributed by atoms with van der Waals surface area (Å²) in [5.41, 5.74) is 1.61. The Hall–Kier alpha value is -1.75. The van der Waals surface area contributed by atoms with Crippen LogP contribution >= 0.6 is 0 Å². The third-order valence-electron chi connectivity index (χ3n) is 2.55. The highest BCUT2D eigenvalue weighted by Crippen LogP contribution is 2.22. The average molecular weight is 221 g/mol. The molecule has 1 heterocycles. The van der Waals surface area contributed by atoms with Gasteiger partial charge < -0.3 is 9.67 Å². The molecule has 0 aliphatic heterocycles. The maximum absolute atomic E-state index is 13.1. The number of aryl methyl sites for hydroxylation is 1. The SMILES string of the molecule is Cc1ccc(F)cc1-c1nnc(CO)n1C. The van der Waals surface area contributed by atoms with Crippen molar-refractivity contribution in [3.05, 3.63) is 35.4 Å². The zero-order valence-electron chi connectivity index (χ0n) is 9.11. The molecule has 1 aromatic heterocycles. The fourth-order valence-electron chi connectivity index (χ4n) is 1.57. The first kappa shape index (κ1) is 10.8. The van der Waals surface area contributed by atoms with Crippen molar-refractivity contribution in [3.63, 3.8) is 0 Å². The van der Waals surface area contributed by atoms with E-state index in [0.29, 0.717) is 17.2 Å². The van der Waals surface area contributed by atoms with E-state index in [1.165, 1.54) is 12.1 Å². The number of aliphatic hydroxyl groups excluding tert-OH is 1. The topological polar surface area (TPSA) is 50.9 Å². The van der Waals surface area contributed by atoms with E-state index in [1.54, 1.807) is 17.7 Å². The van der Waals surface area contributed by atoms with Crippen LogP contribution in [0.5, 0.6) is 0 Å². The predicted molar refractivity (Wildman–Crippen MR) is 57.1 cm³/mol. The lowest BCUT2D eigenvalue weighted by atomic mass is 10.1. The lowest BCUT2D eigenvalue weighted by Crippen LogP contribution is -2.00. The molecule has 0 radical (unpaired) electrons. The summed E-state index contributed by atoms with van der Waals surface area (Å²) in [4.78, 5) is 0. The molecular weight excluding hydrogens is 209 g/mol. The fraction of sp³-hybridized carbons (Fsp3) is 0.273. The van der Waals surface area contributed by atoms with E-state index >= 15 is 0 Å². The van der Waals surface area contributed by atoms with Crippen molar-refractivity contribution >= 4 is 0 Å². The van der Waals surface area contributed by atoms with Gasteiger partial charge in [-0.15, -0.1) is 10.2 Å². The summed E-state index contributed by atoms with van der Waals surface area (Å²) < 4.78 is 14.8. The number of hydrogen-bond acceptors (Lipinski definition) is 3. The Bertz CT molecular complexity index is 522. The van der Waals surface area contributed by atoms with Crippen LogP contribution in [0.2, 0.25) is 0 Å². The summed E-state index contributed by atoms with van der Waals surface area (Å²) >= 11 is 0. The molecule has 1 aromatic carbocycles. The number of rotatable bonds is 2. The highest BCUT2D eigenvalue weighted by atomic mass is 19.1. The van der Waals surface area contributed by atoms with E-state index in [4.69, 9.17) is 5.11 Å².